The molecule has 4 heteroatoms. The van der Waals surface area contributed by atoms with E-state index in [1.807, 2.05) is 11.8 Å². The minimum absolute atomic E-state index is 0.00824. The fourth-order valence-electron chi connectivity index (χ4n) is 1.79. The largest absolute Gasteiger partial charge is 0.309 e. The van der Waals surface area contributed by atoms with Gasteiger partial charge in [0, 0.05) is 17.9 Å². The summed E-state index contributed by atoms with van der Waals surface area (Å²) in [6.07, 6.45) is 1.00. The predicted octanol–water partition coefficient (Wildman–Crippen LogP) is 4.39. The Kier molecular flexibility index (Phi) is 7.39. The smallest absolute Gasteiger partial charge is 0.126 e. The maximum Gasteiger partial charge on any atom is 0.126 e. The Morgan fingerprint density at radius 1 is 1.11 bits per heavy atom. The Hall–Kier alpha value is -0.610. The lowest BCUT2D eigenvalue weighted by atomic mass is 10.1. The van der Waals surface area contributed by atoms with E-state index >= 15 is 0 Å². The summed E-state index contributed by atoms with van der Waals surface area (Å²) in [5.41, 5.74) is 0.696. The fraction of sp³-hybridized carbons (Fsp3) is 0.600. The van der Waals surface area contributed by atoms with Crippen LogP contribution < -0.4 is 5.32 Å². The van der Waals surface area contributed by atoms with Crippen molar-refractivity contribution < 1.29 is 8.78 Å². The van der Waals surface area contributed by atoms with Crippen LogP contribution >= 0.6 is 11.8 Å². The van der Waals surface area contributed by atoms with Crippen LogP contribution in [0, 0.1) is 17.6 Å². The number of thioether (sulfide) groups is 1. The molecule has 0 radical (unpaired) electrons. The minimum Gasteiger partial charge on any atom is -0.309 e. The van der Waals surface area contributed by atoms with Gasteiger partial charge in [0.1, 0.15) is 11.6 Å². The summed E-state index contributed by atoms with van der Waals surface area (Å²) < 4.78 is 26.6. The van der Waals surface area contributed by atoms with Gasteiger partial charge in [-0.05, 0) is 42.3 Å². The van der Waals surface area contributed by atoms with Crippen LogP contribution in [-0.2, 0) is 0 Å². The summed E-state index contributed by atoms with van der Waals surface area (Å²) in [6.45, 7) is 7.27. The molecule has 0 fully saturated rings. The molecule has 1 aromatic rings. The molecule has 0 bridgehead atoms. The van der Waals surface area contributed by atoms with Gasteiger partial charge < -0.3 is 5.32 Å². The molecule has 0 saturated carbocycles. The van der Waals surface area contributed by atoms with Gasteiger partial charge in [0.25, 0.3) is 0 Å². The number of hydrogen-bond donors (Lipinski definition) is 1. The van der Waals surface area contributed by atoms with Gasteiger partial charge in [0.2, 0.25) is 0 Å². The topological polar surface area (TPSA) is 12.0 Å². The van der Waals surface area contributed by atoms with Gasteiger partial charge in [0.05, 0.1) is 0 Å². The Bertz CT molecular complexity index is 362. The van der Waals surface area contributed by atoms with Crippen molar-refractivity contribution in [2.24, 2.45) is 5.92 Å². The maximum absolute atomic E-state index is 13.3. The molecule has 0 spiro atoms. The van der Waals surface area contributed by atoms with Gasteiger partial charge in [-0.25, -0.2) is 8.78 Å². The first-order valence-electron chi connectivity index (χ1n) is 6.80. The average Bonchev–Trinajstić information content (AvgIpc) is 2.31. The van der Waals surface area contributed by atoms with Crippen molar-refractivity contribution in [1.82, 2.24) is 5.32 Å². The molecule has 1 N–H and O–H groups in total. The van der Waals surface area contributed by atoms with Crippen molar-refractivity contribution in [3.63, 3.8) is 0 Å². The zero-order valence-electron chi connectivity index (χ0n) is 11.9. The SMILES string of the molecule is CCCNC(CSCC(C)C)c1cc(F)cc(F)c1. The van der Waals surface area contributed by atoms with Crippen LogP contribution in [0.15, 0.2) is 18.2 Å². The Morgan fingerprint density at radius 3 is 2.26 bits per heavy atom. The minimum atomic E-state index is -0.507. The Balaban J connectivity index is 2.71. The van der Waals surface area contributed by atoms with Gasteiger partial charge in [-0.15, -0.1) is 0 Å². The van der Waals surface area contributed by atoms with Crippen molar-refractivity contribution in [3.8, 4) is 0 Å². The normalized spacial score (nSPS) is 12.9. The molecule has 0 aliphatic heterocycles. The standard InChI is InChI=1S/C15H23F2NS/c1-4-5-18-15(10-19-9-11(2)3)12-6-13(16)8-14(17)7-12/h6-8,11,15,18H,4-5,9-10H2,1-3H3. The first-order valence-corrected chi connectivity index (χ1v) is 7.95. The zero-order chi connectivity index (χ0) is 14.3. The van der Waals surface area contributed by atoms with Crippen LogP contribution in [0.3, 0.4) is 0 Å². The van der Waals surface area contributed by atoms with E-state index in [9.17, 15) is 8.78 Å². The van der Waals surface area contributed by atoms with Crippen LogP contribution in [0.5, 0.6) is 0 Å². The highest BCUT2D eigenvalue weighted by atomic mass is 32.2. The van der Waals surface area contributed by atoms with Crippen LogP contribution in [-0.4, -0.2) is 18.1 Å². The molecule has 0 saturated heterocycles. The molecule has 1 aromatic carbocycles. The van der Waals surface area contributed by atoms with E-state index in [0.717, 1.165) is 30.5 Å². The van der Waals surface area contributed by atoms with Gasteiger partial charge in [-0.1, -0.05) is 20.8 Å². The summed E-state index contributed by atoms with van der Waals surface area (Å²) in [5, 5.41) is 3.36. The predicted molar refractivity (Wildman–Crippen MR) is 79.6 cm³/mol. The molecule has 0 aliphatic carbocycles. The Morgan fingerprint density at radius 2 is 1.74 bits per heavy atom. The van der Waals surface area contributed by atoms with Crippen molar-refractivity contribution in [3.05, 3.63) is 35.4 Å². The highest BCUT2D eigenvalue weighted by Crippen LogP contribution is 2.22. The van der Waals surface area contributed by atoms with E-state index in [0.29, 0.717) is 11.5 Å². The summed E-state index contributed by atoms with van der Waals surface area (Å²) in [6, 6.07) is 3.77. The number of rotatable bonds is 8. The quantitative estimate of drug-likeness (QED) is 0.761. The monoisotopic (exact) mass is 287 g/mol. The Labute approximate surface area is 119 Å². The first kappa shape index (κ1) is 16.4. The highest BCUT2D eigenvalue weighted by Gasteiger charge is 2.13. The molecule has 0 aliphatic rings. The highest BCUT2D eigenvalue weighted by molar-refractivity contribution is 7.99. The number of hydrogen-bond acceptors (Lipinski definition) is 2. The number of nitrogens with one attached hydrogen (secondary N) is 1. The third kappa shape index (κ3) is 6.39. The lowest BCUT2D eigenvalue weighted by Crippen LogP contribution is -2.24. The van der Waals surface area contributed by atoms with Gasteiger partial charge >= 0.3 is 0 Å². The molecule has 1 atom stereocenters. The van der Waals surface area contributed by atoms with E-state index in [1.54, 1.807) is 0 Å². The van der Waals surface area contributed by atoms with Crippen LogP contribution in [0.1, 0.15) is 38.8 Å². The average molecular weight is 287 g/mol. The third-order valence-corrected chi connectivity index (χ3v) is 4.14. The van der Waals surface area contributed by atoms with Crippen LogP contribution in [0.4, 0.5) is 8.78 Å². The molecule has 1 unspecified atom stereocenters. The number of halogens is 2. The fourth-order valence-corrected chi connectivity index (χ4v) is 2.94. The second-order valence-electron chi connectivity index (χ2n) is 5.14. The summed E-state index contributed by atoms with van der Waals surface area (Å²) in [5.74, 6) is 1.50. The van der Waals surface area contributed by atoms with E-state index < -0.39 is 11.6 Å². The van der Waals surface area contributed by atoms with Gasteiger partial charge in [-0.2, -0.15) is 11.8 Å². The molecule has 1 nitrogen and oxygen atoms in total. The summed E-state index contributed by atoms with van der Waals surface area (Å²) in [7, 11) is 0. The van der Waals surface area contributed by atoms with E-state index in [1.165, 1.54) is 12.1 Å². The zero-order valence-corrected chi connectivity index (χ0v) is 12.7. The summed E-state index contributed by atoms with van der Waals surface area (Å²) in [4.78, 5) is 0. The second kappa shape index (κ2) is 8.54. The second-order valence-corrected chi connectivity index (χ2v) is 6.22. The van der Waals surface area contributed by atoms with E-state index in [-0.39, 0.29) is 6.04 Å². The first-order chi connectivity index (χ1) is 9.02. The molecule has 0 heterocycles. The van der Waals surface area contributed by atoms with Crippen LogP contribution in [0.2, 0.25) is 0 Å². The molecule has 0 amide bonds. The lowest BCUT2D eigenvalue weighted by molar-refractivity contribution is 0.548. The molecule has 108 valence electrons. The van der Waals surface area contributed by atoms with Crippen molar-refractivity contribution in [2.75, 3.05) is 18.1 Å². The van der Waals surface area contributed by atoms with E-state index in [4.69, 9.17) is 0 Å². The summed E-state index contributed by atoms with van der Waals surface area (Å²) >= 11 is 1.82. The van der Waals surface area contributed by atoms with Crippen molar-refractivity contribution >= 4 is 11.8 Å². The molecule has 19 heavy (non-hydrogen) atoms. The lowest BCUT2D eigenvalue weighted by Gasteiger charge is -2.19. The maximum atomic E-state index is 13.3. The van der Waals surface area contributed by atoms with Crippen molar-refractivity contribution in [1.29, 1.82) is 0 Å². The van der Waals surface area contributed by atoms with Gasteiger partial charge in [0.15, 0.2) is 0 Å². The number of benzene rings is 1. The molecular weight excluding hydrogens is 264 g/mol. The molecule has 0 aromatic heterocycles. The molecule has 1 rings (SSSR count). The van der Waals surface area contributed by atoms with Gasteiger partial charge in [-0.3, -0.25) is 0 Å². The molecular formula is C15H23F2NS. The van der Waals surface area contributed by atoms with Crippen molar-refractivity contribution in [2.45, 2.75) is 33.2 Å². The third-order valence-electron chi connectivity index (χ3n) is 2.66. The van der Waals surface area contributed by atoms with Crippen LogP contribution in [0.25, 0.3) is 0 Å². The van der Waals surface area contributed by atoms with E-state index in [2.05, 4.69) is 26.1 Å².